The molecule has 8 N–H and O–H groups in total. The summed E-state index contributed by atoms with van der Waals surface area (Å²) < 4.78 is 6.01. The second-order valence-electron chi connectivity index (χ2n) is 13.2. The molecule has 0 unspecified atom stereocenters. The zero-order chi connectivity index (χ0) is 35.6. The smallest absolute Gasteiger partial charge is 0.168 e. The van der Waals surface area contributed by atoms with Crippen LogP contribution in [0.1, 0.15) is 107 Å². The molecule has 1 aromatic heterocycles. The Hall–Kier alpha value is -4.70. The van der Waals surface area contributed by atoms with Gasteiger partial charge in [0.15, 0.2) is 23.1 Å². The summed E-state index contributed by atoms with van der Waals surface area (Å²) in [4.78, 5) is 29.2. The highest BCUT2D eigenvalue weighted by atomic mass is 16.5. The molecule has 0 saturated heterocycles. The predicted molar refractivity (Wildman–Crippen MR) is 194 cm³/mol. The largest absolute Gasteiger partial charge is 0.508 e. The lowest BCUT2D eigenvalue weighted by molar-refractivity contribution is -0.114. The molecule has 0 radical (unpaired) electrons. The van der Waals surface area contributed by atoms with Crippen LogP contribution in [0.4, 0.5) is 0 Å². The number of aryl methyl sites for hydroxylation is 1. The van der Waals surface area contributed by atoms with E-state index in [-0.39, 0.29) is 42.2 Å². The first kappa shape index (κ1) is 36.6. The van der Waals surface area contributed by atoms with Crippen LogP contribution >= 0.6 is 0 Å². The first-order chi connectivity index (χ1) is 24.2. The molecule has 1 aliphatic carbocycles. The Morgan fingerprint density at radius 2 is 1.72 bits per heavy atom. The van der Waals surface area contributed by atoms with E-state index < -0.39 is 18.0 Å². The number of aromatic amines is 1. The van der Waals surface area contributed by atoms with Gasteiger partial charge in [-0.1, -0.05) is 62.2 Å². The van der Waals surface area contributed by atoms with Crippen molar-refractivity contribution in [2.24, 2.45) is 17.4 Å². The topological polar surface area (TPSA) is 172 Å². The molecule has 0 amide bonds. The van der Waals surface area contributed by atoms with Gasteiger partial charge in [-0.05, 0) is 83.8 Å². The van der Waals surface area contributed by atoms with Crippen molar-refractivity contribution in [3.63, 3.8) is 0 Å². The number of aromatic hydroxyl groups is 2. The summed E-state index contributed by atoms with van der Waals surface area (Å²) in [5.41, 5.74) is 17.3. The maximum Gasteiger partial charge on any atom is 0.168 e. The highest BCUT2D eigenvalue weighted by Crippen LogP contribution is 2.49. The number of carbonyl (C=O) groups excluding carboxylic acids is 2. The predicted octanol–water partition coefficient (Wildman–Crippen LogP) is 6.71. The standard InChI is InChI=1S/C41H49N3O6/c1-2-3-4-5-6-7-31(46)12-8-26-10-15-37(48)38(21-26)50-19-17-27-9-14-36(47)34(20-27)39-32-13-11-28(41(42)43)22-33(32)30(25-45)23-35(39)40(49)29-16-18-44-24-29/h6-7,9-11,13-16,18,20-22,24,30,35,39,41,44-45,47-48H,2-5,8,12,17,19,23,25,42-43H2,1H3/b7-6+/t30-,35+,39-/m1/s1. The summed E-state index contributed by atoms with van der Waals surface area (Å²) in [6.45, 7) is 2.25. The number of rotatable bonds is 17. The molecule has 0 spiro atoms. The SMILES string of the molecule is CCCCC/C=C/C(=O)CCc1ccc(O)c(OCCc2ccc(O)c([C@H]3c4ccc(C(N)N)cc4[C@@H](CO)C[C@@H]3C(=O)c3cc[nH]c3)c2)c1. The van der Waals surface area contributed by atoms with Gasteiger partial charge in [0.2, 0.25) is 0 Å². The van der Waals surface area contributed by atoms with Crippen molar-refractivity contribution in [2.45, 2.75) is 76.3 Å². The number of ketones is 2. The fourth-order valence-electron chi connectivity index (χ4n) is 6.93. The lowest BCUT2D eigenvalue weighted by atomic mass is 9.65. The van der Waals surface area contributed by atoms with E-state index in [0.29, 0.717) is 42.6 Å². The molecule has 264 valence electrons. The quantitative estimate of drug-likeness (QED) is 0.0309. The molecule has 0 fully saturated rings. The number of aromatic nitrogens is 1. The third-order valence-electron chi connectivity index (χ3n) is 9.69. The van der Waals surface area contributed by atoms with Gasteiger partial charge in [0.05, 0.1) is 12.8 Å². The normalized spacial score (nSPS) is 17.3. The Morgan fingerprint density at radius 3 is 2.44 bits per heavy atom. The van der Waals surface area contributed by atoms with Crippen LogP contribution in [-0.4, -0.2) is 45.1 Å². The number of aliphatic hydroxyl groups is 1. The van der Waals surface area contributed by atoms with Crippen LogP contribution in [0.3, 0.4) is 0 Å². The molecule has 1 aliphatic rings. The van der Waals surface area contributed by atoms with Crippen LogP contribution in [0.2, 0.25) is 0 Å². The second kappa shape index (κ2) is 17.3. The molecule has 5 rings (SSSR count). The Bertz CT molecular complexity index is 1780. The summed E-state index contributed by atoms with van der Waals surface area (Å²) in [6, 6.07) is 17.9. The number of nitrogens with two attached hydrogens (primary N) is 2. The fraction of sp³-hybridized carbons (Fsp3) is 0.366. The molecule has 4 aromatic rings. The number of hydrogen-bond acceptors (Lipinski definition) is 8. The van der Waals surface area contributed by atoms with Crippen LogP contribution in [0.5, 0.6) is 17.2 Å². The maximum absolute atomic E-state index is 14.0. The van der Waals surface area contributed by atoms with Gasteiger partial charge in [-0.15, -0.1) is 0 Å². The average molecular weight is 680 g/mol. The van der Waals surface area contributed by atoms with E-state index in [0.717, 1.165) is 53.5 Å². The Labute approximate surface area is 294 Å². The zero-order valence-electron chi connectivity index (χ0n) is 28.7. The molecule has 0 aliphatic heterocycles. The third-order valence-corrected chi connectivity index (χ3v) is 9.69. The van der Waals surface area contributed by atoms with E-state index in [4.69, 9.17) is 16.2 Å². The highest BCUT2D eigenvalue weighted by Gasteiger charge is 2.41. The monoisotopic (exact) mass is 679 g/mol. The lowest BCUT2D eigenvalue weighted by Gasteiger charge is -2.38. The Balaban J connectivity index is 1.33. The van der Waals surface area contributed by atoms with Crippen molar-refractivity contribution < 1.29 is 29.6 Å². The minimum atomic E-state index is -0.695. The van der Waals surface area contributed by atoms with Gasteiger partial charge in [-0.3, -0.25) is 9.59 Å². The van der Waals surface area contributed by atoms with Gasteiger partial charge in [-0.25, -0.2) is 0 Å². The molecule has 50 heavy (non-hydrogen) atoms. The minimum Gasteiger partial charge on any atom is -0.508 e. The summed E-state index contributed by atoms with van der Waals surface area (Å²) in [5, 5.41) is 32.2. The van der Waals surface area contributed by atoms with Crippen LogP contribution in [0, 0.1) is 5.92 Å². The lowest BCUT2D eigenvalue weighted by Crippen LogP contribution is -2.32. The summed E-state index contributed by atoms with van der Waals surface area (Å²) in [5.74, 6) is -0.924. The maximum atomic E-state index is 14.0. The number of carbonyl (C=O) groups is 2. The number of aliphatic hydroxyl groups excluding tert-OH is 1. The van der Waals surface area contributed by atoms with Gasteiger partial charge in [0.25, 0.3) is 0 Å². The molecular formula is C41H49N3O6. The molecule has 0 bridgehead atoms. The first-order valence-corrected chi connectivity index (χ1v) is 17.6. The Kier molecular flexibility index (Phi) is 12.7. The molecule has 1 heterocycles. The number of nitrogens with one attached hydrogen (secondary N) is 1. The molecule has 3 atom stereocenters. The molecule has 0 saturated carbocycles. The number of allylic oxidation sites excluding steroid dienone is 2. The van der Waals surface area contributed by atoms with E-state index in [1.807, 2.05) is 36.4 Å². The third kappa shape index (κ3) is 8.90. The van der Waals surface area contributed by atoms with E-state index in [2.05, 4.69) is 11.9 Å². The number of phenols is 2. The van der Waals surface area contributed by atoms with Crippen molar-refractivity contribution in [1.82, 2.24) is 4.98 Å². The summed E-state index contributed by atoms with van der Waals surface area (Å²) in [6.07, 6.45) is 12.4. The first-order valence-electron chi connectivity index (χ1n) is 17.6. The van der Waals surface area contributed by atoms with Crippen LogP contribution < -0.4 is 16.2 Å². The minimum absolute atomic E-state index is 0.0159. The van der Waals surface area contributed by atoms with Crippen molar-refractivity contribution in [3.8, 4) is 17.2 Å². The van der Waals surface area contributed by atoms with Gasteiger partial charge in [-0.2, -0.15) is 0 Å². The highest BCUT2D eigenvalue weighted by molar-refractivity contribution is 5.99. The van der Waals surface area contributed by atoms with E-state index in [9.17, 15) is 24.9 Å². The van der Waals surface area contributed by atoms with Crippen LogP contribution in [0.15, 0.2) is 85.2 Å². The number of hydrogen-bond donors (Lipinski definition) is 6. The molecule has 9 nitrogen and oxygen atoms in total. The van der Waals surface area contributed by atoms with Gasteiger partial charge in [0, 0.05) is 60.7 Å². The number of benzene rings is 3. The summed E-state index contributed by atoms with van der Waals surface area (Å²) >= 11 is 0. The summed E-state index contributed by atoms with van der Waals surface area (Å²) in [7, 11) is 0. The second-order valence-corrected chi connectivity index (χ2v) is 13.2. The van der Waals surface area contributed by atoms with Gasteiger partial charge in [0.1, 0.15) is 5.75 Å². The molecule has 9 heteroatoms. The Morgan fingerprint density at radius 1 is 0.940 bits per heavy atom. The van der Waals surface area contributed by atoms with Gasteiger partial charge < -0.3 is 36.5 Å². The number of unbranched alkanes of at least 4 members (excludes halogenated alkanes) is 3. The number of phenolic OH excluding ortho intramolecular Hbond substituents is 2. The zero-order valence-corrected chi connectivity index (χ0v) is 28.7. The molecule has 3 aromatic carbocycles. The van der Waals surface area contributed by atoms with E-state index in [1.165, 1.54) is 0 Å². The number of Topliss-reactive ketones (excluding diaryl/α,β-unsaturated/α-hetero) is 1. The van der Waals surface area contributed by atoms with Crippen molar-refractivity contribution in [2.75, 3.05) is 13.2 Å². The van der Waals surface area contributed by atoms with Crippen molar-refractivity contribution >= 4 is 11.6 Å². The molecular weight excluding hydrogens is 630 g/mol. The number of H-pyrrole nitrogens is 1. The fourth-order valence-corrected chi connectivity index (χ4v) is 6.93. The van der Waals surface area contributed by atoms with Gasteiger partial charge >= 0.3 is 0 Å². The van der Waals surface area contributed by atoms with Crippen molar-refractivity contribution in [1.29, 1.82) is 0 Å². The number of fused-ring (bicyclic) bond motifs is 1. The average Bonchev–Trinajstić information content (AvgIpc) is 3.66. The number of ether oxygens (including phenoxy) is 1. The van der Waals surface area contributed by atoms with Crippen LogP contribution in [0.25, 0.3) is 0 Å². The van der Waals surface area contributed by atoms with Crippen molar-refractivity contribution in [3.05, 3.63) is 124 Å². The van der Waals surface area contributed by atoms with Crippen LogP contribution in [-0.2, 0) is 17.6 Å². The van der Waals surface area contributed by atoms with E-state index >= 15 is 0 Å². The van der Waals surface area contributed by atoms with E-state index in [1.54, 1.807) is 48.8 Å².